The highest BCUT2D eigenvalue weighted by molar-refractivity contribution is 5.88. The van der Waals surface area contributed by atoms with Gasteiger partial charge in [-0.1, -0.05) is 12.2 Å². The number of benzene rings is 1. The molecule has 0 bridgehead atoms. The van der Waals surface area contributed by atoms with Crippen LogP contribution in [0.4, 0.5) is 0 Å². The van der Waals surface area contributed by atoms with Crippen LogP contribution < -0.4 is 9.47 Å². The summed E-state index contributed by atoms with van der Waals surface area (Å²) >= 11 is 0. The van der Waals surface area contributed by atoms with Gasteiger partial charge in [0.25, 0.3) is 0 Å². The molecule has 17 heavy (non-hydrogen) atoms. The minimum atomic E-state index is -0.0657. The average Bonchev–Trinajstić information content (AvgIpc) is 2.38. The standard InChI is InChI=1S/C14H16O3/c1-16-11-7-10(8-12(9-11)17-2)13-5-3-4-6-14(13)15/h3-4,7-9,13H,5-6H2,1-2H3. The zero-order valence-electron chi connectivity index (χ0n) is 10.1. The van der Waals surface area contributed by atoms with Crippen LogP contribution in [0.2, 0.25) is 0 Å². The summed E-state index contributed by atoms with van der Waals surface area (Å²) in [6, 6.07) is 5.63. The summed E-state index contributed by atoms with van der Waals surface area (Å²) in [5.41, 5.74) is 0.968. The number of hydrogen-bond donors (Lipinski definition) is 0. The first-order valence-electron chi connectivity index (χ1n) is 5.65. The average molecular weight is 232 g/mol. The van der Waals surface area contributed by atoms with Crippen LogP contribution in [0.15, 0.2) is 30.4 Å². The monoisotopic (exact) mass is 232 g/mol. The second kappa shape index (κ2) is 5.04. The molecule has 3 nitrogen and oxygen atoms in total. The fraction of sp³-hybridized carbons (Fsp3) is 0.357. The maximum Gasteiger partial charge on any atom is 0.144 e. The van der Waals surface area contributed by atoms with Crippen molar-refractivity contribution in [3.63, 3.8) is 0 Å². The third-order valence-electron chi connectivity index (χ3n) is 3.02. The van der Waals surface area contributed by atoms with Crippen molar-refractivity contribution in [1.82, 2.24) is 0 Å². The normalized spacial score (nSPS) is 19.2. The highest BCUT2D eigenvalue weighted by atomic mass is 16.5. The van der Waals surface area contributed by atoms with Crippen molar-refractivity contribution in [2.45, 2.75) is 18.8 Å². The Balaban J connectivity index is 2.36. The molecule has 3 heteroatoms. The fourth-order valence-corrected chi connectivity index (χ4v) is 2.06. The Labute approximate surface area is 101 Å². The van der Waals surface area contributed by atoms with Crippen molar-refractivity contribution in [2.24, 2.45) is 0 Å². The minimum absolute atomic E-state index is 0.0657. The quantitative estimate of drug-likeness (QED) is 0.752. The van der Waals surface area contributed by atoms with Crippen molar-refractivity contribution >= 4 is 5.78 Å². The van der Waals surface area contributed by atoms with Crippen molar-refractivity contribution in [2.75, 3.05) is 14.2 Å². The van der Waals surface area contributed by atoms with E-state index in [9.17, 15) is 4.79 Å². The molecule has 1 atom stereocenters. The molecule has 0 fully saturated rings. The Morgan fingerprint density at radius 3 is 2.24 bits per heavy atom. The van der Waals surface area contributed by atoms with Gasteiger partial charge in [0.1, 0.15) is 17.3 Å². The predicted molar refractivity (Wildman–Crippen MR) is 65.7 cm³/mol. The van der Waals surface area contributed by atoms with Gasteiger partial charge >= 0.3 is 0 Å². The van der Waals surface area contributed by atoms with Gasteiger partial charge < -0.3 is 9.47 Å². The van der Waals surface area contributed by atoms with Crippen LogP contribution >= 0.6 is 0 Å². The zero-order valence-corrected chi connectivity index (χ0v) is 10.1. The number of ether oxygens (including phenoxy) is 2. The van der Waals surface area contributed by atoms with E-state index in [4.69, 9.17) is 9.47 Å². The summed E-state index contributed by atoms with van der Waals surface area (Å²) in [5, 5.41) is 0. The number of carbonyl (C=O) groups is 1. The first kappa shape index (κ1) is 11.7. The van der Waals surface area contributed by atoms with Crippen LogP contribution in [-0.4, -0.2) is 20.0 Å². The lowest BCUT2D eigenvalue weighted by atomic mass is 9.86. The van der Waals surface area contributed by atoms with Crippen molar-refractivity contribution in [3.05, 3.63) is 35.9 Å². The Kier molecular flexibility index (Phi) is 3.47. The lowest BCUT2D eigenvalue weighted by Crippen LogP contribution is -2.14. The van der Waals surface area contributed by atoms with E-state index < -0.39 is 0 Å². The van der Waals surface area contributed by atoms with Crippen LogP contribution in [0.25, 0.3) is 0 Å². The molecule has 0 spiro atoms. The summed E-state index contributed by atoms with van der Waals surface area (Å²) < 4.78 is 10.4. The van der Waals surface area contributed by atoms with Crippen molar-refractivity contribution in [1.29, 1.82) is 0 Å². The lowest BCUT2D eigenvalue weighted by Gasteiger charge is -2.18. The Morgan fingerprint density at radius 2 is 1.71 bits per heavy atom. The first-order valence-corrected chi connectivity index (χ1v) is 5.65. The summed E-state index contributed by atoms with van der Waals surface area (Å²) in [4.78, 5) is 11.9. The van der Waals surface area contributed by atoms with Gasteiger partial charge in [0.05, 0.1) is 14.2 Å². The van der Waals surface area contributed by atoms with E-state index in [0.29, 0.717) is 6.42 Å². The van der Waals surface area contributed by atoms with Crippen molar-refractivity contribution in [3.8, 4) is 11.5 Å². The molecule has 0 radical (unpaired) electrons. The summed E-state index contributed by atoms with van der Waals surface area (Å²) in [6.45, 7) is 0. The number of ketones is 1. The molecule has 0 aromatic heterocycles. The molecule has 0 saturated carbocycles. The van der Waals surface area contributed by atoms with Crippen LogP contribution in [0.1, 0.15) is 24.3 Å². The van der Waals surface area contributed by atoms with E-state index in [2.05, 4.69) is 6.08 Å². The summed E-state index contributed by atoms with van der Waals surface area (Å²) in [6.07, 6.45) is 5.26. The molecule has 1 aliphatic rings. The zero-order chi connectivity index (χ0) is 12.3. The number of rotatable bonds is 3. The van der Waals surface area contributed by atoms with E-state index in [1.165, 1.54) is 0 Å². The Bertz CT molecular complexity index is 427. The maximum atomic E-state index is 11.9. The molecular formula is C14H16O3. The van der Waals surface area contributed by atoms with E-state index in [1.54, 1.807) is 14.2 Å². The highest BCUT2D eigenvalue weighted by Gasteiger charge is 2.22. The molecule has 1 aliphatic carbocycles. The number of carbonyl (C=O) groups excluding carboxylic acids is 1. The van der Waals surface area contributed by atoms with Crippen LogP contribution in [0.3, 0.4) is 0 Å². The van der Waals surface area contributed by atoms with Gasteiger partial charge in [-0.05, 0) is 24.1 Å². The van der Waals surface area contributed by atoms with Crippen molar-refractivity contribution < 1.29 is 14.3 Å². The molecule has 1 unspecified atom stereocenters. The lowest BCUT2D eigenvalue weighted by molar-refractivity contribution is -0.119. The van der Waals surface area contributed by atoms with Gasteiger partial charge in [-0.2, -0.15) is 0 Å². The van der Waals surface area contributed by atoms with Crippen LogP contribution in [-0.2, 0) is 4.79 Å². The summed E-state index contributed by atoms with van der Waals surface area (Å²) in [5.74, 6) is 1.63. The van der Waals surface area contributed by atoms with E-state index in [0.717, 1.165) is 23.5 Å². The van der Waals surface area contributed by atoms with Gasteiger partial charge in [0.15, 0.2) is 0 Å². The van der Waals surface area contributed by atoms with Gasteiger partial charge in [-0.15, -0.1) is 0 Å². The highest BCUT2D eigenvalue weighted by Crippen LogP contribution is 2.32. The Morgan fingerprint density at radius 1 is 1.06 bits per heavy atom. The third-order valence-corrected chi connectivity index (χ3v) is 3.02. The van der Waals surface area contributed by atoms with E-state index >= 15 is 0 Å². The molecule has 0 heterocycles. The molecule has 2 rings (SSSR count). The molecule has 0 amide bonds. The first-order chi connectivity index (χ1) is 8.24. The molecule has 0 saturated heterocycles. The number of allylic oxidation sites excluding steroid dienone is 2. The third kappa shape index (κ3) is 2.49. The smallest absolute Gasteiger partial charge is 0.144 e. The number of Topliss-reactive ketones (excluding diaryl/α,β-unsaturated/α-hetero) is 1. The molecular weight excluding hydrogens is 216 g/mol. The second-order valence-corrected chi connectivity index (χ2v) is 4.08. The predicted octanol–water partition coefficient (Wildman–Crippen LogP) is 2.71. The fourth-order valence-electron chi connectivity index (χ4n) is 2.06. The van der Waals surface area contributed by atoms with Gasteiger partial charge in [-0.3, -0.25) is 4.79 Å². The molecule has 1 aromatic carbocycles. The second-order valence-electron chi connectivity index (χ2n) is 4.08. The number of methoxy groups -OCH3 is 2. The van der Waals surface area contributed by atoms with E-state index in [1.807, 2.05) is 24.3 Å². The molecule has 0 aliphatic heterocycles. The molecule has 1 aromatic rings. The van der Waals surface area contributed by atoms with Crippen LogP contribution in [0.5, 0.6) is 11.5 Å². The molecule has 0 N–H and O–H groups in total. The molecule has 90 valence electrons. The largest absolute Gasteiger partial charge is 0.497 e. The topological polar surface area (TPSA) is 35.5 Å². The SMILES string of the molecule is COc1cc(OC)cc(C2CC=CCC2=O)c1. The maximum absolute atomic E-state index is 11.9. The van der Waals surface area contributed by atoms with Gasteiger partial charge in [-0.25, -0.2) is 0 Å². The number of hydrogen-bond acceptors (Lipinski definition) is 3. The Hall–Kier alpha value is -1.77. The van der Waals surface area contributed by atoms with Gasteiger partial charge in [0, 0.05) is 18.4 Å². The minimum Gasteiger partial charge on any atom is -0.497 e. The van der Waals surface area contributed by atoms with Crippen LogP contribution in [0, 0.1) is 0 Å². The summed E-state index contributed by atoms with van der Waals surface area (Å²) in [7, 11) is 3.22. The van der Waals surface area contributed by atoms with Gasteiger partial charge in [0.2, 0.25) is 0 Å². The van der Waals surface area contributed by atoms with E-state index in [-0.39, 0.29) is 11.7 Å².